The van der Waals surface area contributed by atoms with Gasteiger partial charge in [0.25, 0.3) is 5.56 Å². The first-order chi connectivity index (χ1) is 18.0. The van der Waals surface area contributed by atoms with Crippen LogP contribution in [-0.4, -0.2) is 35.7 Å². The van der Waals surface area contributed by atoms with E-state index in [0.29, 0.717) is 46.1 Å². The number of nitrogens with zero attached hydrogens (tertiary/aromatic N) is 3. The van der Waals surface area contributed by atoms with Gasteiger partial charge in [0.1, 0.15) is 11.3 Å². The highest BCUT2D eigenvalue weighted by molar-refractivity contribution is 5.88. The lowest BCUT2D eigenvalue weighted by Gasteiger charge is -2.14. The van der Waals surface area contributed by atoms with E-state index in [-0.39, 0.29) is 17.5 Å². The number of rotatable bonds is 8. The largest absolute Gasteiger partial charge is 0.496 e. The topological polar surface area (TPSA) is 88.1 Å². The summed E-state index contributed by atoms with van der Waals surface area (Å²) < 4.78 is 24.4. The Morgan fingerprint density at radius 1 is 1.00 bits per heavy atom. The van der Waals surface area contributed by atoms with Gasteiger partial charge in [0.15, 0.2) is 17.3 Å². The third-order valence-corrected chi connectivity index (χ3v) is 5.67. The maximum atomic E-state index is 13.5. The third-order valence-electron chi connectivity index (χ3n) is 5.67. The van der Waals surface area contributed by atoms with Crippen molar-refractivity contribution >= 4 is 28.1 Å². The molecule has 3 aromatic carbocycles. The van der Waals surface area contributed by atoms with Crippen molar-refractivity contribution in [1.29, 1.82) is 0 Å². The zero-order valence-corrected chi connectivity index (χ0v) is 21.1. The van der Waals surface area contributed by atoms with Crippen molar-refractivity contribution in [3.63, 3.8) is 0 Å². The number of furan rings is 1. The molecule has 0 atom stereocenters. The van der Waals surface area contributed by atoms with Gasteiger partial charge < -0.3 is 18.6 Å². The molecule has 0 saturated carbocycles. The number of methoxy groups -OCH3 is 1. The zero-order valence-electron chi connectivity index (χ0n) is 21.1. The van der Waals surface area contributed by atoms with E-state index >= 15 is 0 Å². The molecule has 0 unspecified atom stereocenters. The highest BCUT2D eigenvalue weighted by atomic mass is 16.5. The first-order valence-corrected chi connectivity index (χ1v) is 12.0. The quantitative estimate of drug-likeness (QED) is 0.249. The van der Waals surface area contributed by atoms with Crippen molar-refractivity contribution in [2.75, 3.05) is 13.7 Å². The Hall–Kier alpha value is -4.59. The van der Waals surface area contributed by atoms with Gasteiger partial charge in [0, 0.05) is 0 Å². The van der Waals surface area contributed by atoms with Gasteiger partial charge in [-0.15, -0.1) is 0 Å². The third kappa shape index (κ3) is 4.78. The standard InChI is InChI=1S/C29H27N3O5/c1-5-35-26-15-19(13-14-25(26)36-18(2)3)17-30-32-28(31-22-10-7-6-9-20(22)29(32)33)27-16-21-23(34-4)11-8-12-24(21)37-27/h6-18H,5H2,1-4H3. The van der Waals surface area contributed by atoms with Crippen LogP contribution in [0.25, 0.3) is 33.5 Å². The minimum Gasteiger partial charge on any atom is -0.496 e. The number of para-hydroxylation sites is 1. The molecule has 2 heterocycles. The smallest absolute Gasteiger partial charge is 0.282 e. The fourth-order valence-corrected chi connectivity index (χ4v) is 4.06. The van der Waals surface area contributed by atoms with Crippen molar-refractivity contribution < 1.29 is 18.6 Å². The van der Waals surface area contributed by atoms with Crippen LogP contribution in [-0.2, 0) is 0 Å². The van der Waals surface area contributed by atoms with Crippen LogP contribution in [0.5, 0.6) is 17.2 Å². The number of ether oxygens (including phenoxy) is 3. The first kappa shape index (κ1) is 24.1. The van der Waals surface area contributed by atoms with E-state index in [0.717, 1.165) is 10.9 Å². The van der Waals surface area contributed by atoms with Gasteiger partial charge in [-0.25, -0.2) is 4.98 Å². The molecule has 0 spiro atoms. The Bertz CT molecular complexity index is 1670. The zero-order chi connectivity index (χ0) is 25.9. The molecule has 0 radical (unpaired) electrons. The normalized spacial score (nSPS) is 11.6. The van der Waals surface area contributed by atoms with Crippen molar-refractivity contribution in [3.05, 3.63) is 82.6 Å². The summed E-state index contributed by atoms with van der Waals surface area (Å²) in [4.78, 5) is 18.3. The van der Waals surface area contributed by atoms with Gasteiger partial charge >= 0.3 is 0 Å². The van der Waals surface area contributed by atoms with Crippen LogP contribution in [0.3, 0.4) is 0 Å². The fraction of sp³-hybridized carbons (Fsp3) is 0.207. The van der Waals surface area contributed by atoms with E-state index in [9.17, 15) is 4.79 Å². The van der Waals surface area contributed by atoms with E-state index in [1.165, 1.54) is 4.68 Å². The molecule has 0 aliphatic rings. The van der Waals surface area contributed by atoms with Crippen molar-refractivity contribution in [1.82, 2.24) is 9.66 Å². The lowest BCUT2D eigenvalue weighted by Crippen LogP contribution is -2.20. The van der Waals surface area contributed by atoms with Gasteiger partial charge in [-0.05, 0) is 74.9 Å². The van der Waals surface area contributed by atoms with E-state index < -0.39 is 0 Å². The van der Waals surface area contributed by atoms with E-state index in [4.69, 9.17) is 23.6 Å². The van der Waals surface area contributed by atoms with Gasteiger partial charge in [-0.3, -0.25) is 4.79 Å². The molecule has 0 fully saturated rings. The summed E-state index contributed by atoms with van der Waals surface area (Å²) in [6.45, 7) is 6.32. The summed E-state index contributed by atoms with van der Waals surface area (Å²) >= 11 is 0. The van der Waals surface area contributed by atoms with E-state index in [1.54, 1.807) is 31.5 Å². The second-order valence-electron chi connectivity index (χ2n) is 8.60. The SMILES string of the molecule is CCOc1cc(C=Nn2c(-c3cc4c(OC)cccc4o3)nc3ccccc3c2=O)ccc1OC(C)C. The highest BCUT2D eigenvalue weighted by Crippen LogP contribution is 2.33. The van der Waals surface area contributed by atoms with Crippen LogP contribution in [0.2, 0.25) is 0 Å². The molecule has 0 N–H and O–H groups in total. The molecule has 0 bridgehead atoms. The number of fused-ring (bicyclic) bond motifs is 2. The first-order valence-electron chi connectivity index (χ1n) is 12.0. The van der Waals surface area contributed by atoms with E-state index in [1.807, 2.05) is 69.3 Å². The number of benzene rings is 3. The summed E-state index contributed by atoms with van der Waals surface area (Å²) in [5.41, 5.74) is 1.59. The Morgan fingerprint density at radius 2 is 1.84 bits per heavy atom. The Labute approximate surface area is 213 Å². The van der Waals surface area contributed by atoms with Gasteiger partial charge in [-0.2, -0.15) is 9.78 Å². The lowest BCUT2D eigenvalue weighted by molar-refractivity contribution is 0.224. The predicted octanol–water partition coefficient (Wildman–Crippen LogP) is 5.89. The molecule has 188 valence electrons. The minimum atomic E-state index is -0.311. The average Bonchev–Trinajstić information content (AvgIpc) is 3.34. The second-order valence-corrected chi connectivity index (χ2v) is 8.60. The molecule has 0 aliphatic carbocycles. The Kier molecular flexibility index (Phi) is 6.64. The summed E-state index contributed by atoms with van der Waals surface area (Å²) in [6.07, 6.45) is 1.60. The predicted molar refractivity (Wildman–Crippen MR) is 144 cm³/mol. The second kappa shape index (κ2) is 10.2. The van der Waals surface area contributed by atoms with Crippen LogP contribution < -0.4 is 19.8 Å². The minimum absolute atomic E-state index is 0.00552. The molecule has 8 nitrogen and oxygen atoms in total. The fourth-order valence-electron chi connectivity index (χ4n) is 4.06. The maximum absolute atomic E-state index is 13.5. The van der Waals surface area contributed by atoms with Crippen LogP contribution in [0.1, 0.15) is 26.3 Å². The van der Waals surface area contributed by atoms with Crippen molar-refractivity contribution in [3.8, 4) is 28.8 Å². The van der Waals surface area contributed by atoms with Crippen LogP contribution in [0.4, 0.5) is 0 Å². The molecular formula is C29H27N3O5. The molecule has 0 amide bonds. The average molecular weight is 498 g/mol. The molecular weight excluding hydrogens is 470 g/mol. The van der Waals surface area contributed by atoms with Gasteiger partial charge in [0.05, 0.1) is 42.3 Å². The maximum Gasteiger partial charge on any atom is 0.282 e. The number of aromatic nitrogens is 2. The Balaban J connectivity index is 1.65. The van der Waals surface area contributed by atoms with E-state index in [2.05, 4.69) is 5.10 Å². The number of hydrogen-bond acceptors (Lipinski definition) is 7. The Morgan fingerprint density at radius 3 is 2.62 bits per heavy atom. The molecule has 37 heavy (non-hydrogen) atoms. The van der Waals surface area contributed by atoms with Crippen molar-refractivity contribution in [2.24, 2.45) is 5.10 Å². The van der Waals surface area contributed by atoms with Gasteiger partial charge in [-0.1, -0.05) is 18.2 Å². The van der Waals surface area contributed by atoms with Crippen LogP contribution >= 0.6 is 0 Å². The summed E-state index contributed by atoms with van der Waals surface area (Å²) in [5, 5.41) is 5.77. The highest BCUT2D eigenvalue weighted by Gasteiger charge is 2.18. The molecule has 2 aromatic heterocycles. The summed E-state index contributed by atoms with van der Waals surface area (Å²) in [5.74, 6) is 2.60. The molecule has 5 rings (SSSR count). The number of hydrogen-bond donors (Lipinski definition) is 0. The molecule has 0 aliphatic heterocycles. The van der Waals surface area contributed by atoms with Crippen LogP contribution in [0.15, 0.2) is 81.0 Å². The molecule has 5 aromatic rings. The lowest BCUT2D eigenvalue weighted by atomic mass is 10.2. The summed E-state index contributed by atoms with van der Waals surface area (Å²) in [7, 11) is 1.60. The molecule has 0 saturated heterocycles. The molecule has 8 heteroatoms. The monoisotopic (exact) mass is 497 g/mol. The van der Waals surface area contributed by atoms with Crippen LogP contribution in [0, 0.1) is 0 Å². The van der Waals surface area contributed by atoms with Crippen molar-refractivity contribution in [2.45, 2.75) is 26.9 Å². The van der Waals surface area contributed by atoms with Gasteiger partial charge in [0.2, 0.25) is 5.82 Å². The summed E-state index contributed by atoms with van der Waals surface area (Å²) in [6, 6.07) is 20.0.